The molecule has 1 N–H and O–H groups in total. The lowest BCUT2D eigenvalue weighted by atomic mass is 10.2. The van der Waals surface area contributed by atoms with E-state index >= 15 is 0 Å². The van der Waals surface area contributed by atoms with Gasteiger partial charge in [-0.1, -0.05) is 13.3 Å². The van der Waals surface area contributed by atoms with Crippen LogP contribution in [0.4, 0.5) is 0 Å². The van der Waals surface area contributed by atoms with Gasteiger partial charge in [0, 0.05) is 34.4 Å². The van der Waals surface area contributed by atoms with Crippen molar-refractivity contribution in [2.24, 2.45) is 0 Å². The Hall–Kier alpha value is 0.0169. The van der Waals surface area contributed by atoms with E-state index in [2.05, 4.69) is 12.2 Å². The van der Waals surface area contributed by atoms with Crippen LogP contribution in [0.5, 0.6) is 0 Å². The van der Waals surface area contributed by atoms with Crippen LogP contribution in [-0.2, 0) is 18.0 Å². The molecule has 6 heteroatoms. The maximum atomic E-state index is 5.97. The summed E-state index contributed by atoms with van der Waals surface area (Å²) >= 11 is 0. The Morgan fingerprint density at radius 1 is 1.25 bits per heavy atom. The smallest absolute Gasteiger partial charge is 0.375 e. The van der Waals surface area contributed by atoms with E-state index in [1.165, 1.54) is 0 Å². The van der Waals surface area contributed by atoms with Crippen LogP contribution in [0.3, 0.4) is 0 Å². The van der Waals surface area contributed by atoms with E-state index in [4.69, 9.17) is 18.0 Å². The van der Waals surface area contributed by atoms with Crippen LogP contribution in [0.15, 0.2) is 0 Å². The first kappa shape index (κ1) is 14.1. The molecule has 0 aromatic carbocycles. The third-order valence-corrected chi connectivity index (χ3v) is 6.39. The summed E-state index contributed by atoms with van der Waals surface area (Å²) in [5, 5.41) is 2.89. The zero-order chi connectivity index (χ0) is 12.1. The normalized spacial score (nSPS) is 27.0. The topological polar surface area (TPSA) is 49.0 Å². The Labute approximate surface area is 98.8 Å². The lowest BCUT2D eigenvalue weighted by Gasteiger charge is -2.45. The molecule has 0 aromatic heterocycles. The van der Waals surface area contributed by atoms with E-state index in [0.717, 1.165) is 25.9 Å². The molecule has 0 aromatic rings. The minimum atomic E-state index is -2.77. The van der Waals surface area contributed by atoms with Gasteiger partial charge in [-0.25, -0.2) is 0 Å². The summed E-state index contributed by atoms with van der Waals surface area (Å²) in [5.74, 6) is 0. The van der Waals surface area contributed by atoms with Crippen LogP contribution in [0, 0.1) is 0 Å². The zero-order valence-corrected chi connectivity index (χ0v) is 11.7. The van der Waals surface area contributed by atoms with Crippen LogP contribution in [0.25, 0.3) is 0 Å². The van der Waals surface area contributed by atoms with Crippen LogP contribution in [-0.4, -0.2) is 55.1 Å². The molecule has 1 aliphatic heterocycles. The number of rotatable bonds is 6. The van der Waals surface area contributed by atoms with Crippen molar-refractivity contribution in [3.8, 4) is 0 Å². The number of hydrogen-bond acceptors (Lipinski definition) is 5. The van der Waals surface area contributed by atoms with Crippen molar-refractivity contribution in [2.75, 3.05) is 41.0 Å². The minimum absolute atomic E-state index is 0.446. The molecule has 0 spiro atoms. The summed E-state index contributed by atoms with van der Waals surface area (Å²) in [6, 6.07) is 0. The van der Waals surface area contributed by atoms with Crippen LogP contribution < -0.4 is 5.32 Å². The van der Waals surface area contributed by atoms with Gasteiger partial charge in [-0.15, -0.1) is 0 Å². The zero-order valence-electron chi connectivity index (χ0n) is 10.7. The van der Waals surface area contributed by atoms with Gasteiger partial charge < -0.3 is 23.3 Å². The minimum Gasteiger partial charge on any atom is -0.375 e. The Morgan fingerprint density at radius 3 is 2.25 bits per heavy atom. The molecule has 0 radical (unpaired) electrons. The van der Waals surface area contributed by atoms with Gasteiger partial charge in [0.2, 0.25) is 0 Å². The second-order valence-electron chi connectivity index (χ2n) is 3.94. The standard InChI is InChI=1S/C10H23NO4Si/c1-5-6-10(9-11-7-8-15-10)16(12-2,13-3)14-4/h11H,5-9H2,1-4H3. The van der Waals surface area contributed by atoms with Crippen molar-refractivity contribution in [2.45, 2.75) is 25.0 Å². The van der Waals surface area contributed by atoms with E-state index in [1.54, 1.807) is 21.3 Å². The largest absolute Gasteiger partial charge is 0.535 e. The first-order chi connectivity index (χ1) is 7.70. The van der Waals surface area contributed by atoms with E-state index in [-0.39, 0.29) is 0 Å². The van der Waals surface area contributed by atoms with Gasteiger partial charge in [-0.3, -0.25) is 0 Å². The van der Waals surface area contributed by atoms with Crippen molar-refractivity contribution < 1.29 is 18.0 Å². The van der Waals surface area contributed by atoms with Gasteiger partial charge in [-0.05, 0) is 6.42 Å². The van der Waals surface area contributed by atoms with Crippen molar-refractivity contribution in [1.82, 2.24) is 5.32 Å². The van der Waals surface area contributed by atoms with Crippen LogP contribution in [0.2, 0.25) is 0 Å². The van der Waals surface area contributed by atoms with Crippen LogP contribution in [0.1, 0.15) is 19.8 Å². The molecule has 1 fully saturated rings. The first-order valence-electron chi connectivity index (χ1n) is 5.70. The molecule has 0 saturated carbocycles. The molecule has 1 atom stereocenters. The second kappa shape index (κ2) is 6.09. The highest BCUT2D eigenvalue weighted by atomic mass is 28.4. The fourth-order valence-electron chi connectivity index (χ4n) is 2.38. The third kappa shape index (κ3) is 2.32. The fraction of sp³-hybridized carbons (Fsp3) is 1.00. The fourth-order valence-corrected chi connectivity index (χ4v) is 5.17. The van der Waals surface area contributed by atoms with Gasteiger partial charge >= 0.3 is 8.80 Å². The number of ether oxygens (including phenoxy) is 1. The predicted octanol–water partition coefficient (Wildman–Crippen LogP) is 0.562. The quantitative estimate of drug-likeness (QED) is 0.697. The highest BCUT2D eigenvalue weighted by Gasteiger charge is 2.61. The third-order valence-electron chi connectivity index (χ3n) is 3.09. The first-order valence-corrected chi connectivity index (χ1v) is 7.43. The van der Waals surface area contributed by atoms with Gasteiger partial charge in [-0.2, -0.15) is 0 Å². The molecule has 5 nitrogen and oxygen atoms in total. The summed E-state index contributed by atoms with van der Waals surface area (Å²) in [5.41, 5.74) is 0. The summed E-state index contributed by atoms with van der Waals surface area (Å²) in [6.07, 6.45) is 1.88. The van der Waals surface area contributed by atoms with Gasteiger partial charge in [0.1, 0.15) is 5.22 Å². The molecule has 1 unspecified atom stereocenters. The van der Waals surface area contributed by atoms with E-state index in [9.17, 15) is 0 Å². The van der Waals surface area contributed by atoms with Crippen molar-refractivity contribution in [3.63, 3.8) is 0 Å². The summed E-state index contributed by atoms with van der Waals surface area (Å²) in [4.78, 5) is 0. The molecule has 1 rings (SSSR count). The van der Waals surface area contributed by atoms with Crippen molar-refractivity contribution in [1.29, 1.82) is 0 Å². The van der Waals surface area contributed by atoms with E-state index < -0.39 is 14.0 Å². The maximum absolute atomic E-state index is 5.97. The molecule has 0 bridgehead atoms. The molecule has 1 heterocycles. The predicted molar refractivity (Wildman–Crippen MR) is 63.2 cm³/mol. The number of hydrogen-bond donors (Lipinski definition) is 1. The lowest BCUT2D eigenvalue weighted by molar-refractivity contribution is -0.0772. The lowest BCUT2D eigenvalue weighted by Crippen LogP contribution is -2.70. The highest BCUT2D eigenvalue weighted by Crippen LogP contribution is 2.32. The summed E-state index contributed by atoms with van der Waals surface area (Å²) in [6.45, 7) is 4.39. The maximum Gasteiger partial charge on any atom is 0.535 e. The van der Waals surface area contributed by atoms with Crippen molar-refractivity contribution >= 4 is 8.80 Å². The van der Waals surface area contributed by atoms with E-state index in [0.29, 0.717) is 6.61 Å². The monoisotopic (exact) mass is 249 g/mol. The number of morpholine rings is 1. The average molecular weight is 249 g/mol. The summed E-state index contributed by atoms with van der Waals surface area (Å²) in [7, 11) is 2.13. The molecule has 0 amide bonds. The molecule has 16 heavy (non-hydrogen) atoms. The number of nitrogens with one attached hydrogen (secondary N) is 1. The molecule has 1 aliphatic rings. The molecule has 0 aliphatic carbocycles. The Kier molecular flexibility index (Phi) is 5.36. The Bertz CT molecular complexity index is 191. The van der Waals surface area contributed by atoms with E-state index in [1.807, 2.05) is 0 Å². The van der Waals surface area contributed by atoms with Gasteiger partial charge in [0.05, 0.1) is 6.61 Å². The van der Waals surface area contributed by atoms with Crippen LogP contribution >= 0.6 is 0 Å². The van der Waals surface area contributed by atoms with Crippen molar-refractivity contribution in [3.05, 3.63) is 0 Å². The molecule has 96 valence electrons. The average Bonchev–Trinajstić information content (AvgIpc) is 2.33. The molecular weight excluding hydrogens is 226 g/mol. The second-order valence-corrected chi connectivity index (χ2v) is 7.19. The molecule has 1 saturated heterocycles. The Morgan fingerprint density at radius 2 is 1.88 bits per heavy atom. The summed E-state index contributed by atoms with van der Waals surface area (Å²) < 4.78 is 22.7. The SMILES string of the molecule is CCCC1([Si](OC)(OC)OC)CNCCO1. The van der Waals surface area contributed by atoms with Gasteiger partial charge in [0.15, 0.2) is 0 Å². The molecular formula is C10H23NO4Si. The van der Waals surface area contributed by atoms with Gasteiger partial charge in [0.25, 0.3) is 0 Å². The Balaban J connectivity index is 2.95. The highest BCUT2D eigenvalue weighted by molar-refractivity contribution is 6.64.